The number of hydrogen-bond donors (Lipinski definition) is 2. The highest BCUT2D eigenvalue weighted by molar-refractivity contribution is 6.17. The second-order valence-corrected chi connectivity index (χ2v) is 3.71. The van der Waals surface area contributed by atoms with Crippen molar-refractivity contribution < 1.29 is 29.3 Å². The van der Waals surface area contributed by atoms with Crippen molar-refractivity contribution >= 4 is 23.5 Å². The highest BCUT2D eigenvalue weighted by Crippen LogP contribution is 2.21. The molecule has 0 heterocycles. The molecule has 102 valence electrons. The predicted octanol–water partition coefficient (Wildman–Crippen LogP) is 0.443. The number of benzene rings is 1. The normalized spacial score (nSPS) is 10.1. The van der Waals surface area contributed by atoms with Gasteiger partial charge in [-0.2, -0.15) is 0 Å². The molecule has 0 bridgehead atoms. The second-order valence-electron chi connectivity index (χ2n) is 3.71. The van der Waals surface area contributed by atoms with Gasteiger partial charge >= 0.3 is 11.9 Å². The summed E-state index contributed by atoms with van der Waals surface area (Å²) in [4.78, 5) is 34.4. The average molecular weight is 267 g/mol. The van der Waals surface area contributed by atoms with Crippen LogP contribution in [0.15, 0.2) is 24.3 Å². The molecule has 0 aromatic heterocycles. The van der Waals surface area contributed by atoms with E-state index in [-0.39, 0.29) is 0 Å². The molecule has 1 rings (SSSR count). The van der Waals surface area contributed by atoms with Crippen molar-refractivity contribution in [3.8, 4) is 5.75 Å². The van der Waals surface area contributed by atoms with Crippen LogP contribution in [0.5, 0.6) is 5.75 Å². The van der Waals surface area contributed by atoms with Crippen LogP contribution in [0.2, 0.25) is 0 Å². The number of hydrogen-bond acceptors (Lipinski definition) is 4. The van der Waals surface area contributed by atoms with E-state index in [1.165, 1.54) is 20.2 Å². The van der Waals surface area contributed by atoms with Crippen LogP contribution >= 0.6 is 0 Å². The van der Waals surface area contributed by atoms with Gasteiger partial charge in [0.15, 0.2) is 0 Å². The summed E-state index contributed by atoms with van der Waals surface area (Å²) in [5.41, 5.74) is 0.344. The van der Waals surface area contributed by atoms with Gasteiger partial charge in [-0.05, 0) is 12.1 Å². The lowest BCUT2D eigenvalue weighted by molar-refractivity contribution is -0.157. The summed E-state index contributed by atoms with van der Waals surface area (Å²) < 4.78 is 4.97. The highest BCUT2D eigenvalue weighted by Gasteiger charge is 2.36. The van der Waals surface area contributed by atoms with E-state index in [2.05, 4.69) is 0 Å². The molecule has 0 unspecified atom stereocenters. The van der Waals surface area contributed by atoms with Crippen molar-refractivity contribution in [2.45, 2.75) is 0 Å². The van der Waals surface area contributed by atoms with E-state index >= 15 is 0 Å². The molecular formula is C12H13NO6. The zero-order valence-electron chi connectivity index (χ0n) is 10.4. The van der Waals surface area contributed by atoms with Crippen LogP contribution in [-0.4, -0.2) is 42.2 Å². The van der Waals surface area contributed by atoms with E-state index in [0.717, 1.165) is 4.90 Å². The fraction of sp³-hybridized carbons (Fsp3) is 0.250. The first-order valence-electron chi connectivity index (χ1n) is 5.25. The Hall–Kier alpha value is -2.57. The van der Waals surface area contributed by atoms with E-state index in [1.807, 2.05) is 0 Å². The fourth-order valence-corrected chi connectivity index (χ4v) is 1.46. The molecule has 7 heteroatoms. The van der Waals surface area contributed by atoms with Crippen molar-refractivity contribution in [1.29, 1.82) is 0 Å². The van der Waals surface area contributed by atoms with Crippen molar-refractivity contribution in [2.75, 3.05) is 19.1 Å². The van der Waals surface area contributed by atoms with Gasteiger partial charge in [0, 0.05) is 18.8 Å². The first-order chi connectivity index (χ1) is 8.88. The minimum absolute atomic E-state index is 0.344. The lowest BCUT2D eigenvalue weighted by atomic mass is 10.1. The Bertz CT molecular complexity index is 499. The molecule has 0 atom stereocenters. The maximum absolute atomic E-state index is 11.8. The number of carbonyl (C=O) groups excluding carboxylic acids is 1. The third-order valence-electron chi connectivity index (χ3n) is 2.51. The van der Waals surface area contributed by atoms with Gasteiger partial charge in [0.2, 0.25) is 5.92 Å². The second kappa shape index (κ2) is 5.85. The van der Waals surface area contributed by atoms with Crippen LogP contribution in [0.25, 0.3) is 0 Å². The smallest absolute Gasteiger partial charge is 0.327 e. The standard InChI is InChI=1S/C12H13NO6/c1-13(7-4-3-5-8(6-7)19-2)10(14)9(11(15)16)12(17)18/h3-6,9H,1-2H3,(H,15,16)(H,17,18). The molecule has 0 aliphatic rings. The minimum Gasteiger partial charge on any atom is -0.497 e. The zero-order valence-corrected chi connectivity index (χ0v) is 10.4. The molecule has 19 heavy (non-hydrogen) atoms. The largest absolute Gasteiger partial charge is 0.497 e. The lowest BCUT2D eigenvalue weighted by Gasteiger charge is -2.20. The van der Waals surface area contributed by atoms with Gasteiger partial charge in [0.05, 0.1) is 7.11 Å². The quantitative estimate of drug-likeness (QED) is 0.750. The molecule has 0 fully saturated rings. The number of methoxy groups -OCH3 is 1. The fourth-order valence-electron chi connectivity index (χ4n) is 1.46. The third-order valence-corrected chi connectivity index (χ3v) is 2.51. The number of nitrogens with zero attached hydrogens (tertiary/aromatic N) is 1. The molecule has 0 radical (unpaired) electrons. The Labute approximate surface area is 109 Å². The number of aliphatic carboxylic acids is 2. The molecule has 1 amide bonds. The number of anilines is 1. The van der Waals surface area contributed by atoms with Gasteiger partial charge in [-0.25, -0.2) is 0 Å². The lowest BCUT2D eigenvalue weighted by Crippen LogP contribution is -2.41. The van der Waals surface area contributed by atoms with Crippen molar-refractivity contribution in [2.24, 2.45) is 5.92 Å². The van der Waals surface area contributed by atoms with Crippen LogP contribution in [-0.2, 0) is 14.4 Å². The van der Waals surface area contributed by atoms with Gasteiger partial charge in [-0.1, -0.05) is 6.07 Å². The third kappa shape index (κ3) is 3.21. The molecular weight excluding hydrogens is 254 g/mol. The molecule has 1 aromatic carbocycles. The van der Waals surface area contributed by atoms with Crippen molar-refractivity contribution in [1.82, 2.24) is 0 Å². The van der Waals surface area contributed by atoms with E-state index < -0.39 is 23.8 Å². The van der Waals surface area contributed by atoms with E-state index in [4.69, 9.17) is 14.9 Å². The van der Waals surface area contributed by atoms with E-state index in [9.17, 15) is 14.4 Å². The summed E-state index contributed by atoms with van der Waals surface area (Å²) >= 11 is 0. The Morgan fingerprint density at radius 2 is 1.79 bits per heavy atom. The molecule has 1 aromatic rings. The summed E-state index contributed by atoms with van der Waals surface area (Å²) in [5.74, 6) is -6.09. The van der Waals surface area contributed by atoms with Gasteiger partial charge < -0.3 is 19.8 Å². The molecule has 7 nitrogen and oxygen atoms in total. The number of amides is 1. The molecule has 0 spiro atoms. The Kier molecular flexibility index (Phi) is 4.46. The molecule has 0 saturated heterocycles. The average Bonchev–Trinajstić information content (AvgIpc) is 2.37. The van der Waals surface area contributed by atoms with Gasteiger partial charge in [0.25, 0.3) is 5.91 Å². The van der Waals surface area contributed by atoms with Crippen LogP contribution in [0.4, 0.5) is 5.69 Å². The number of rotatable bonds is 5. The Morgan fingerprint density at radius 1 is 1.21 bits per heavy atom. The molecule has 0 aliphatic carbocycles. The monoisotopic (exact) mass is 267 g/mol. The SMILES string of the molecule is COc1cccc(N(C)C(=O)C(C(=O)O)C(=O)O)c1. The first-order valence-corrected chi connectivity index (χ1v) is 5.25. The number of carbonyl (C=O) groups is 3. The van der Waals surface area contributed by atoms with Crippen LogP contribution < -0.4 is 9.64 Å². The Balaban J connectivity index is 3.04. The van der Waals surface area contributed by atoms with Crippen molar-refractivity contribution in [3.05, 3.63) is 24.3 Å². The summed E-state index contributed by atoms with van der Waals surface area (Å²) in [6.07, 6.45) is 0. The van der Waals surface area contributed by atoms with Gasteiger partial charge in [-0.3, -0.25) is 14.4 Å². The Morgan fingerprint density at radius 3 is 2.26 bits per heavy atom. The topological polar surface area (TPSA) is 104 Å². The highest BCUT2D eigenvalue weighted by atomic mass is 16.5. The minimum atomic E-state index is -2.13. The van der Waals surface area contributed by atoms with Gasteiger partial charge in [0.1, 0.15) is 5.75 Å². The number of carboxylic acid groups (broad SMARTS) is 2. The van der Waals surface area contributed by atoms with Crippen LogP contribution in [0.1, 0.15) is 0 Å². The summed E-state index contributed by atoms with van der Waals surface area (Å²) in [7, 11) is 2.74. The maximum atomic E-state index is 11.8. The van der Waals surface area contributed by atoms with E-state index in [1.54, 1.807) is 18.2 Å². The van der Waals surface area contributed by atoms with Crippen molar-refractivity contribution in [3.63, 3.8) is 0 Å². The predicted molar refractivity (Wildman–Crippen MR) is 65.2 cm³/mol. The summed E-state index contributed by atoms with van der Waals surface area (Å²) in [6, 6.07) is 6.29. The van der Waals surface area contributed by atoms with Crippen LogP contribution in [0, 0.1) is 5.92 Å². The summed E-state index contributed by atoms with van der Waals surface area (Å²) in [6.45, 7) is 0. The number of carboxylic acids is 2. The molecule has 0 aliphatic heterocycles. The molecule has 2 N–H and O–H groups in total. The summed E-state index contributed by atoms with van der Waals surface area (Å²) in [5, 5.41) is 17.5. The molecule has 0 saturated carbocycles. The van der Waals surface area contributed by atoms with E-state index in [0.29, 0.717) is 11.4 Å². The first kappa shape index (κ1) is 14.5. The zero-order chi connectivity index (χ0) is 14.6. The van der Waals surface area contributed by atoms with Crippen LogP contribution in [0.3, 0.4) is 0 Å². The number of ether oxygens (including phenoxy) is 1. The van der Waals surface area contributed by atoms with Gasteiger partial charge in [-0.15, -0.1) is 0 Å². The maximum Gasteiger partial charge on any atom is 0.327 e.